The number of rotatable bonds is 11. The van der Waals surface area contributed by atoms with Crippen LogP contribution in [0.5, 0.6) is 0 Å². The van der Waals surface area contributed by atoms with Crippen molar-refractivity contribution in [3.8, 4) is 0 Å². The zero-order chi connectivity index (χ0) is 23.2. The first-order chi connectivity index (χ1) is 14.7. The highest BCUT2D eigenvalue weighted by atomic mass is 16.4. The number of carboxylic acids is 2. The van der Waals surface area contributed by atoms with Gasteiger partial charge in [0.25, 0.3) is 0 Å². The van der Waals surface area contributed by atoms with Gasteiger partial charge in [0.05, 0.1) is 0 Å². The van der Waals surface area contributed by atoms with Gasteiger partial charge in [-0.1, -0.05) is 58.8 Å². The molecule has 0 saturated heterocycles. The molecule has 0 amide bonds. The molecule has 0 radical (unpaired) electrons. The maximum absolute atomic E-state index is 10.4. The van der Waals surface area contributed by atoms with Crippen LogP contribution in [0, 0.1) is 23.7 Å². The number of carbonyl (C=O) groups is 2. The van der Waals surface area contributed by atoms with E-state index in [-0.39, 0.29) is 24.8 Å². The third kappa shape index (κ3) is 13.1. The summed E-state index contributed by atoms with van der Waals surface area (Å²) in [6.45, 7) is 4.17. The highest BCUT2D eigenvalue weighted by Gasteiger charge is 2.27. The lowest BCUT2D eigenvalue weighted by atomic mass is 9.73. The molecule has 5 atom stereocenters. The largest absolute Gasteiger partial charge is 0.481 e. The van der Waals surface area contributed by atoms with E-state index in [4.69, 9.17) is 21.7 Å². The Kier molecular flexibility index (Phi) is 14.1. The Morgan fingerprint density at radius 2 is 1.61 bits per heavy atom. The normalized spacial score (nSPS) is 26.4. The summed E-state index contributed by atoms with van der Waals surface area (Å²) >= 11 is 0. The van der Waals surface area contributed by atoms with Gasteiger partial charge in [0.2, 0.25) is 0 Å². The molecule has 2 fully saturated rings. The van der Waals surface area contributed by atoms with Crippen molar-refractivity contribution in [1.82, 2.24) is 0 Å². The highest BCUT2D eigenvalue weighted by molar-refractivity contribution is 5.67. The fourth-order valence-electron chi connectivity index (χ4n) is 5.18. The lowest BCUT2D eigenvalue weighted by Crippen LogP contribution is -2.35. The molecule has 2 rings (SSSR count). The molecule has 0 bridgehead atoms. The van der Waals surface area contributed by atoms with Crippen LogP contribution in [0.3, 0.4) is 0 Å². The second kappa shape index (κ2) is 15.6. The van der Waals surface area contributed by atoms with Crippen molar-refractivity contribution in [3.05, 3.63) is 0 Å². The summed E-state index contributed by atoms with van der Waals surface area (Å²) < 4.78 is 0. The Hall–Kier alpha value is -1.14. The van der Waals surface area contributed by atoms with Gasteiger partial charge in [-0.3, -0.25) is 9.59 Å². The summed E-state index contributed by atoms with van der Waals surface area (Å²) in [7, 11) is 0. The Bertz CT molecular complexity index is 508. The topological polar surface area (TPSA) is 127 Å². The second-order valence-electron chi connectivity index (χ2n) is 10.3. The second-order valence-corrected chi connectivity index (χ2v) is 10.3. The van der Waals surface area contributed by atoms with Gasteiger partial charge in [0.15, 0.2) is 0 Å². The van der Waals surface area contributed by atoms with E-state index in [1.807, 2.05) is 6.92 Å². The van der Waals surface area contributed by atoms with E-state index in [2.05, 4.69) is 6.92 Å². The van der Waals surface area contributed by atoms with Crippen LogP contribution in [0.2, 0.25) is 0 Å². The molecule has 0 aromatic carbocycles. The summed E-state index contributed by atoms with van der Waals surface area (Å²) in [4.78, 5) is 20.7. The zero-order valence-electron chi connectivity index (χ0n) is 19.9. The van der Waals surface area contributed by atoms with Crippen molar-refractivity contribution in [2.75, 3.05) is 0 Å². The molecule has 5 unspecified atom stereocenters. The van der Waals surface area contributed by atoms with Crippen LogP contribution in [-0.4, -0.2) is 34.2 Å². The first-order valence-electron chi connectivity index (χ1n) is 12.6. The van der Waals surface area contributed by atoms with E-state index >= 15 is 0 Å². The van der Waals surface area contributed by atoms with E-state index in [1.54, 1.807) is 0 Å². The van der Waals surface area contributed by atoms with Gasteiger partial charge in [0, 0.05) is 24.9 Å². The fraction of sp³-hybridized carbons (Fsp3) is 0.920. The smallest absolute Gasteiger partial charge is 0.303 e. The summed E-state index contributed by atoms with van der Waals surface area (Å²) in [5.41, 5.74) is 11.9. The number of carboxylic acid groups (broad SMARTS) is 2. The van der Waals surface area contributed by atoms with Crippen LogP contribution in [0.1, 0.15) is 110 Å². The molecule has 0 aromatic heterocycles. The lowest BCUT2D eigenvalue weighted by molar-refractivity contribution is -0.138. The van der Waals surface area contributed by atoms with Crippen molar-refractivity contribution >= 4 is 11.9 Å². The molecule has 6 N–H and O–H groups in total. The predicted molar refractivity (Wildman–Crippen MR) is 126 cm³/mol. The maximum atomic E-state index is 10.4. The van der Waals surface area contributed by atoms with Crippen molar-refractivity contribution in [2.45, 2.75) is 122 Å². The Morgan fingerprint density at radius 3 is 2.19 bits per heavy atom. The number of nitrogens with two attached hydrogens (primary N) is 2. The van der Waals surface area contributed by atoms with Crippen molar-refractivity contribution in [1.29, 1.82) is 0 Å². The molecular weight excluding hydrogens is 392 g/mol. The molecule has 2 aliphatic rings. The molecule has 6 nitrogen and oxygen atoms in total. The molecular formula is C25H48N2O4. The molecule has 31 heavy (non-hydrogen) atoms. The number of aliphatic carboxylic acids is 2. The summed E-state index contributed by atoms with van der Waals surface area (Å²) in [5.74, 6) is 1.20. The van der Waals surface area contributed by atoms with Gasteiger partial charge in [-0.25, -0.2) is 0 Å². The molecule has 0 spiro atoms. The quantitative estimate of drug-likeness (QED) is 0.328. The number of hydrogen-bond acceptors (Lipinski definition) is 4. The molecule has 2 aliphatic carbocycles. The Balaban J connectivity index is 0.000000310. The van der Waals surface area contributed by atoms with Crippen LogP contribution in [0.4, 0.5) is 0 Å². The van der Waals surface area contributed by atoms with E-state index in [1.165, 1.54) is 57.8 Å². The van der Waals surface area contributed by atoms with Crippen LogP contribution in [-0.2, 0) is 9.59 Å². The number of hydrogen-bond donors (Lipinski definition) is 4. The van der Waals surface area contributed by atoms with E-state index in [9.17, 15) is 9.59 Å². The Morgan fingerprint density at radius 1 is 0.935 bits per heavy atom. The van der Waals surface area contributed by atoms with Gasteiger partial charge in [0.1, 0.15) is 0 Å². The number of unbranched alkanes of at least 4 members (excludes halogenated alkanes) is 2. The van der Waals surface area contributed by atoms with Crippen LogP contribution in [0.15, 0.2) is 0 Å². The molecule has 0 heterocycles. The van der Waals surface area contributed by atoms with E-state index < -0.39 is 11.9 Å². The minimum absolute atomic E-state index is 0.0306. The van der Waals surface area contributed by atoms with Crippen molar-refractivity contribution in [2.24, 2.45) is 35.1 Å². The summed E-state index contributed by atoms with van der Waals surface area (Å²) in [6.07, 6.45) is 16.5. The first-order valence-corrected chi connectivity index (χ1v) is 12.6. The molecule has 6 heteroatoms. The standard InChI is InChI=1S/C14H27N.C11H21NO4/c1-11-9-13(7-8-14(11)15)10-12-5-3-2-4-6-12;1-8(7-11(15)16)9(12)5-3-2-4-6-10(13)14/h11-14H,2-10,15H2,1H3;8-9H,2-7,12H2,1H3,(H,13,14)(H,15,16). The highest BCUT2D eigenvalue weighted by Crippen LogP contribution is 2.36. The maximum Gasteiger partial charge on any atom is 0.303 e. The zero-order valence-corrected chi connectivity index (χ0v) is 19.9. The van der Waals surface area contributed by atoms with Gasteiger partial charge in [-0.15, -0.1) is 0 Å². The van der Waals surface area contributed by atoms with Crippen LogP contribution < -0.4 is 11.5 Å². The van der Waals surface area contributed by atoms with Gasteiger partial charge < -0.3 is 21.7 Å². The average Bonchev–Trinajstić information content (AvgIpc) is 2.71. The minimum Gasteiger partial charge on any atom is -0.481 e. The molecule has 0 aromatic rings. The average molecular weight is 441 g/mol. The third-order valence-corrected chi connectivity index (χ3v) is 7.39. The third-order valence-electron chi connectivity index (χ3n) is 7.39. The molecule has 182 valence electrons. The summed E-state index contributed by atoms with van der Waals surface area (Å²) in [6, 6.07) is 0.383. The van der Waals surface area contributed by atoms with Gasteiger partial charge in [-0.05, 0) is 62.2 Å². The van der Waals surface area contributed by atoms with Crippen LogP contribution in [0.25, 0.3) is 0 Å². The predicted octanol–water partition coefficient (Wildman–Crippen LogP) is 5.18. The summed E-state index contributed by atoms with van der Waals surface area (Å²) in [5, 5.41) is 17.0. The first kappa shape index (κ1) is 27.9. The monoisotopic (exact) mass is 440 g/mol. The van der Waals surface area contributed by atoms with Crippen molar-refractivity contribution in [3.63, 3.8) is 0 Å². The minimum atomic E-state index is -0.825. The molecule has 2 saturated carbocycles. The van der Waals surface area contributed by atoms with Gasteiger partial charge >= 0.3 is 11.9 Å². The SMILES string of the molecule is CC(CC(=O)O)C(N)CCCCCC(=O)O.CC1CC(CC2CCCCC2)CCC1N. The van der Waals surface area contributed by atoms with E-state index in [0.29, 0.717) is 12.5 Å². The van der Waals surface area contributed by atoms with Crippen molar-refractivity contribution < 1.29 is 19.8 Å². The lowest BCUT2D eigenvalue weighted by Gasteiger charge is -2.34. The van der Waals surface area contributed by atoms with Gasteiger partial charge in [-0.2, -0.15) is 0 Å². The van der Waals surface area contributed by atoms with E-state index in [0.717, 1.165) is 37.0 Å². The van der Waals surface area contributed by atoms with Crippen LogP contribution >= 0.6 is 0 Å². The fourth-order valence-corrected chi connectivity index (χ4v) is 5.18. The molecule has 0 aliphatic heterocycles. The Labute approximate surface area is 189 Å².